The Morgan fingerprint density at radius 1 is 1.39 bits per heavy atom. The van der Waals surface area contributed by atoms with Crippen LogP contribution in [0.3, 0.4) is 0 Å². The Morgan fingerprint density at radius 2 is 2.17 bits per heavy atom. The van der Waals surface area contributed by atoms with Crippen LogP contribution in [0, 0.1) is 0 Å². The molecule has 5 nitrogen and oxygen atoms in total. The number of imidazole rings is 1. The first-order valence-electron chi connectivity index (χ1n) is 4.97. The molecule has 2 aromatic heterocycles. The van der Waals surface area contributed by atoms with Crippen LogP contribution in [0.1, 0.15) is 0 Å². The van der Waals surface area contributed by atoms with Crippen molar-refractivity contribution in [2.45, 2.75) is 11.8 Å². The van der Waals surface area contributed by atoms with Crippen molar-refractivity contribution < 1.29 is 13.9 Å². The van der Waals surface area contributed by atoms with Crippen molar-refractivity contribution in [3.05, 3.63) is 17.8 Å². The van der Waals surface area contributed by atoms with E-state index in [2.05, 4.69) is 15.0 Å². The second kappa shape index (κ2) is 5.33. The van der Waals surface area contributed by atoms with Crippen molar-refractivity contribution in [2.24, 2.45) is 0 Å². The van der Waals surface area contributed by atoms with Crippen molar-refractivity contribution in [2.75, 3.05) is 12.4 Å². The van der Waals surface area contributed by atoms with Gasteiger partial charge in [0.1, 0.15) is 18.5 Å². The predicted octanol–water partition coefficient (Wildman–Crippen LogP) is 1.80. The molecule has 0 fully saturated rings. The largest absolute Gasteiger partial charge is 0.389 e. The molecular formula is C9H9ClF2N4OS. The van der Waals surface area contributed by atoms with Crippen LogP contribution >= 0.6 is 23.4 Å². The van der Waals surface area contributed by atoms with Crippen LogP contribution in [0.15, 0.2) is 12.7 Å². The fraction of sp³-hybridized carbons (Fsp3) is 0.444. The van der Waals surface area contributed by atoms with Gasteiger partial charge in [0.25, 0.3) is 0 Å². The van der Waals surface area contributed by atoms with Gasteiger partial charge in [-0.3, -0.25) is 0 Å². The zero-order valence-electron chi connectivity index (χ0n) is 9.05. The van der Waals surface area contributed by atoms with Crippen molar-refractivity contribution in [1.29, 1.82) is 0 Å². The number of nitrogens with zero attached hydrogens (tertiary/aromatic N) is 4. The molecule has 0 atom stereocenters. The molecule has 0 saturated carbocycles. The summed E-state index contributed by atoms with van der Waals surface area (Å²) in [5.41, 5.74) is 0.945. The highest BCUT2D eigenvalue weighted by molar-refractivity contribution is 8.00. The third-order valence-corrected chi connectivity index (χ3v) is 3.40. The quantitative estimate of drug-likeness (QED) is 0.852. The number of hydrogen-bond acceptors (Lipinski definition) is 5. The lowest BCUT2D eigenvalue weighted by Gasteiger charge is -2.12. The van der Waals surface area contributed by atoms with Gasteiger partial charge in [0, 0.05) is 12.3 Å². The molecule has 0 radical (unpaired) electrons. The van der Waals surface area contributed by atoms with Gasteiger partial charge >= 0.3 is 5.25 Å². The summed E-state index contributed by atoms with van der Waals surface area (Å²) in [7, 11) is 0. The van der Waals surface area contributed by atoms with Crippen molar-refractivity contribution in [1.82, 2.24) is 19.5 Å². The standard InChI is InChI=1S/C9H9ClF2N4OS/c10-7-6-8(14-4-13-7)16(5-15-6)1-2-18-9(11,12)3-17/h4-5,17H,1-3H2. The van der Waals surface area contributed by atoms with Gasteiger partial charge in [-0.05, 0) is 0 Å². The molecule has 0 unspecified atom stereocenters. The fourth-order valence-corrected chi connectivity index (χ4v) is 2.21. The van der Waals surface area contributed by atoms with Gasteiger partial charge in [-0.15, -0.1) is 0 Å². The highest BCUT2D eigenvalue weighted by Crippen LogP contribution is 2.28. The third kappa shape index (κ3) is 2.88. The van der Waals surface area contributed by atoms with Crippen molar-refractivity contribution in [3.8, 4) is 0 Å². The number of thioether (sulfide) groups is 1. The van der Waals surface area contributed by atoms with Crippen molar-refractivity contribution in [3.63, 3.8) is 0 Å². The average Bonchev–Trinajstić information content (AvgIpc) is 2.74. The van der Waals surface area contributed by atoms with Crippen LogP contribution in [-0.4, -0.2) is 42.2 Å². The minimum atomic E-state index is -3.12. The Kier molecular flexibility index (Phi) is 3.98. The molecule has 0 spiro atoms. The molecule has 0 aromatic carbocycles. The summed E-state index contributed by atoms with van der Waals surface area (Å²) in [5, 5.41) is 5.54. The Bertz CT molecular complexity index is 550. The van der Waals surface area contributed by atoms with Crippen LogP contribution < -0.4 is 0 Å². The van der Waals surface area contributed by atoms with E-state index in [9.17, 15) is 8.78 Å². The van der Waals surface area contributed by atoms with Gasteiger partial charge in [0.05, 0.1) is 6.33 Å². The number of alkyl halides is 2. The fourth-order valence-electron chi connectivity index (χ4n) is 1.35. The van der Waals surface area contributed by atoms with Gasteiger partial charge in [-0.2, -0.15) is 8.78 Å². The van der Waals surface area contributed by atoms with Crippen LogP contribution in [0.4, 0.5) is 8.78 Å². The van der Waals surface area contributed by atoms with E-state index in [1.165, 1.54) is 12.7 Å². The van der Waals surface area contributed by atoms with Crippen molar-refractivity contribution >= 4 is 34.5 Å². The predicted molar refractivity (Wildman–Crippen MR) is 64.8 cm³/mol. The van der Waals surface area contributed by atoms with Crippen LogP contribution in [0.2, 0.25) is 5.15 Å². The molecule has 0 aliphatic carbocycles. The number of aliphatic hydroxyl groups is 1. The maximum absolute atomic E-state index is 12.8. The van der Waals surface area contributed by atoms with E-state index in [4.69, 9.17) is 16.7 Å². The van der Waals surface area contributed by atoms with Crippen LogP contribution in [-0.2, 0) is 6.54 Å². The molecule has 98 valence electrons. The smallest absolute Gasteiger partial charge is 0.316 e. The molecule has 0 amide bonds. The molecule has 2 heterocycles. The van der Waals surface area contributed by atoms with Crippen LogP contribution in [0.5, 0.6) is 0 Å². The summed E-state index contributed by atoms with van der Waals surface area (Å²) >= 11 is 6.20. The van der Waals surface area contributed by atoms with E-state index < -0.39 is 11.9 Å². The molecule has 1 N–H and O–H groups in total. The topological polar surface area (TPSA) is 63.8 Å². The molecule has 0 bridgehead atoms. The highest BCUT2D eigenvalue weighted by Gasteiger charge is 2.27. The third-order valence-electron chi connectivity index (χ3n) is 2.19. The van der Waals surface area contributed by atoms with E-state index in [0.717, 1.165) is 0 Å². The molecule has 9 heteroatoms. The highest BCUT2D eigenvalue weighted by atomic mass is 35.5. The van der Waals surface area contributed by atoms with E-state index >= 15 is 0 Å². The lowest BCUT2D eigenvalue weighted by atomic mass is 10.5. The molecule has 0 saturated heterocycles. The first-order valence-corrected chi connectivity index (χ1v) is 6.34. The SMILES string of the molecule is OCC(F)(F)SCCn1cnc2c(Cl)ncnc21. The lowest BCUT2D eigenvalue weighted by molar-refractivity contribution is 0.0362. The average molecular weight is 295 g/mol. The van der Waals surface area contributed by atoms with E-state index in [1.807, 2.05) is 0 Å². The van der Waals surface area contributed by atoms with Gasteiger partial charge in [0.15, 0.2) is 10.8 Å². The Hall–Kier alpha value is -0.990. The summed E-state index contributed by atoms with van der Waals surface area (Å²) in [6, 6.07) is 0. The number of fused-ring (bicyclic) bond motifs is 1. The molecular weight excluding hydrogens is 286 g/mol. The number of hydrogen-bond donors (Lipinski definition) is 1. The summed E-state index contributed by atoms with van der Waals surface area (Å²) < 4.78 is 27.2. The minimum Gasteiger partial charge on any atom is -0.389 e. The number of halogens is 3. The first kappa shape index (κ1) is 13.4. The second-order valence-corrected chi connectivity index (χ2v) is 5.07. The van der Waals surface area contributed by atoms with E-state index in [1.54, 1.807) is 4.57 Å². The summed E-state index contributed by atoms with van der Waals surface area (Å²) in [4.78, 5) is 11.8. The maximum Gasteiger partial charge on any atom is 0.316 e. The number of aliphatic hydroxyl groups excluding tert-OH is 1. The Labute approximate surface area is 110 Å². The number of aryl methyl sites for hydroxylation is 1. The van der Waals surface area contributed by atoms with Gasteiger partial charge in [-0.1, -0.05) is 23.4 Å². The zero-order chi connectivity index (χ0) is 13.2. The molecule has 0 aliphatic heterocycles. The Balaban J connectivity index is 2.07. The summed E-state index contributed by atoms with van der Waals surface area (Å²) in [6.07, 6.45) is 2.77. The van der Waals surface area contributed by atoms with Gasteiger partial charge in [0.2, 0.25) is 0 Å². The second-order valence-electron chi connectivity index (χ2n) is 3.42. The normalized spacial score (nSPS) is 12.2. The van der Waals surface area contributed by atoms with E-state index in [-0.39, 0.29) is 10.9 Å². The molecule has 2 aromatic rings. The van der Waals surface area contributed by atoms with Gasteiger partial charge in [-0.25, -0.2) is 15.0 Å². The number of rotatable bonds is 5. The maximum atomic E-state index is 12.8. The molecule has 18 heavy (non-hydrogen) atoms. The van der Waals surface area contributed by atoms with Crippen LogP contribution in [0.25, 0.3) is 11.2 Å². The zero-order valence-corrected chi connectivity index (χ0v) is 10.6. The monoisotopic (exact) mass is 294 g/mol. The first-order chi connectivity index (χ1) is 8.53. The minimum absolute atomic E-state index is 0.126. The number of aromatic nitrogens is 4. The summed E-state index contributed by atoms with van der Waals surface area (Å²) in [6.45, 7) is -0.875. The van der Waals surface area contributed by atoms with E-state index in [0.29, 0.717) is 29.5 Å². The molecule has 2 rings (SSSR count). The Morgan fingerprint density at radius 3 is 2.89 bits per heavy atom. The lowest BCUT2D eigenvalue weighted by Crippen LogP contribution is -2.17. The van der Waals surface area contributed by atoms with Gasteiger partial charge < -0.3 is 9.67 Å². The molecule has 0 aliphatic rings. The summed E-state index contributed by atoms with van der Waals surface area (Å²) in [5.74, 6) is 0.126.